The van der Waals surface area contributed by atoms with Gasteiger partial charge in [0, 0.05) is 16.7 Å². The van der Waals surface area contributed by atoms with Crippen LogP contribution in [0.3, 0.4) is 0 Å². The van der Waals surface area contributed by atoms with Crippen LogP contribution >= 0.6 is 23.2 Å². The maximum Gasteiger partial charge on any atom is 0.273 e. The zero-order valence-corrected chi connectivity index (χ0v) is 12.0. The molecule has 2 aromatic rings. The fraction of sp³-hybridized carbons (Fsp3) is 0.0769. The van der Waals surface area contributed by atoms with Crippen molar-refractivity contribution in [3.8, 4) is 5.69 Å². The first kappa shape index (κ1) is 14.4. The Morgan fingerprint density at radius 3 is 2.70 bits per heavy atom. The second-order valence-electron chi connectivity index (χ2n) is 4.17. The Morgan fingerprint density at radius 2 is 2.05 bits per heavy atom. The zero-order chi connectivity index (χ0) is 14.9. The first-order chi connectivity index (χ1) is 9.38. The van der Waals surface area contributed by atoms with Gasteiger partial charge in [0.2, 0.25) is 0 Å². The molecule has 20 heavy (non-hydrogen) atoms. The normalized spacial score (nSPS) is 10.3. The van der Waals surface area contributed by atoms with Crippen LogP contribution in [0, 0.1) is 0 Å². The molecule has 0 unspecified atom stereocenters. The van der Waals surface area contributed by atoms with Gasteiger partial charge in [0.15, 0.2) is 0 Å². The molecule has 0 spiro atoms. The van der Waals surface area contributed by atoms with Crippen LogP contribution in [0.4, 0.5) is 5.82 Å². The van der Waals surface area contributed by atoms with Crippen LogP contribution in [0.25, 0.3) is 5.69 Å². The molecular weight excluding hydrogens is 301 g/mol. The Balaban J connectivity index is 2.42. The lowest BCUT2D eigenvalue weighted by atomic mass is 10.3. The van der Waals surface area contributed by atoms with Crippen molar-refractivity contribution in [1.29, 1.82) is 0 Å². The molecular formula is C13H11Cl2N3O2. The fourth-order valence-corrected chi connectivity index (χ4v) is 1.89. The van der Waals surface area contributed by atoms with Gasteiger partial charge < -0.3 is 5.32 Å². The summed E-state index contributed by atoms with van der Waals surface area (Å²) in [6.07, 6.45) is 0. The van der Waals surface area contributed by atoms with Gasteiger partial charge in [0.25, 0.3) is 11.5 Å². The number of nitrogens with zero attached hydrogens (tertiary/aromatic N) is 1. The van der Waals surface area contributed by atoms with Crippen LogP contribution in [0.2, 0.25) is 10.0 Å². The highest BCUT2D eigenvalue weighted by atomic mass is 35.5. The highest BCUT2D eigenvalue weighted by Crippen LogP contribution is 2.23. The summed E-state index contributed by atoms with van der Waals surface area (Å²) in [4.78, 5) is 23.4. The van der Waals surface area contributed by atoms with Gasteiger partial charge in [-0.25, -0.2) is 4.68 Å². The molecule has 0 fully saturated rings. The second-order valence-corrected chi connectivity index (χ2v) is 5.02. The van der Waals surface area contributed by atoms with E-state index in [1.165, 1.54) is 10.7 Å². The Morgan fingerprint density at radius 1 is 1.35 bits per heavy atom. The third-order valence-electron chi connectivity index (χ3n) is 2.51. The standard InChI is InChI=1S/C13H11Cl2N3O2/c1-7(2)13(20)16-11-6-12(19)18(17-11)10-5-8(14)3-4-9(10)15/h3-6,17H,1H2,2H3,(H,16,20). The molecule has 2 rings (SSSR count). The molecule has 2 N–H and O–H groups in total. The predicted molar refractivity (Wildman–Crippen MR) is 79.9 cm³/mol. The summed E-state index contributed by atoms with van der Waals surface area (Å²) in [7, 11) is 0. The minimum atomic E-state index is -0.379. The molecule has 1 aromatic carbocycles. The number of rotatable bonds is 3. The van der Waals surface area contributed by atoms with Crippen molar-refractivity contribution < 1.29 is 4.79 Å². The van der Waals surface area contributed by atoms with Crippen LogP contribution in [-0.2, 0) is 4.79 Å². The van der Waals surface area contributed by atoms with Crippen molar-refractivity contribution in [2.24, 2.45) is 0 Å². The highest BCUT2D eigenvalue weighted by Gasteiger charge is 2.11. The lowest BCUT2D eigenvalue weighted by Gasteiger charge is -2.06. The van der Waals surface area contributed by atoms with E-state index in [-0.39, 0.29) is 17.3 Å². The molecule has 0 bridgehead atoms. The number of hydrogen-bond acceptors (Lipinski definition) is 2. The minimum Gasteiger partial charge on any atom is -0.307 e. The molecule has 0 aliphatic heterocycles. The summed E-state index contributed by atoms with van der Waals surface area (Å²) in [5.41, 5.74) is 0.366. The third-order valence-corrected chi connectivity index (χ3v) is 3.06. The van der Waals surface area contributed by atoms with E-state index in [1.807, 2.05) is 0 Å². The molecule has 0 aliphatic rings. The monoisotopic (exact) mass is 311 g/mol. The first-order valence-corrected chi connectivity index (χ1v) is 6.38. The first-order valence-electron chi connectivity index (χ1n) is 5.63. The summed E-state index contributed by atoms with van der Waals surface area (Å²) >= 11 is 11.9. The second kappa shape index (κ2) is 5.56. The fourth-order valence-electron chi connectivity index (χ4n) is 1.53. The van der Waals surface area contributed by atoms with Crippen LogP contribution in [0.5, 0.6) is 0 Å². The SMILES string of the molecule is C=C(C)C(=O)Nc1cc(=O)n(-c2cc(Cl)ccc2Cl)[nH]1. The number of aromatic nitrogens is 2. The number of benzene rings is 1. The minimum absolute atomic E-state index is 0.249. The average Bonchev–Trinajstić information content (AvgIpc) is 2.73. The molecule has 5 nitrogen and oxygen atoms in total. The number of amides is 1. The molecule has 0 saturated carbocycles. The number of hydrogen-bond donors (Lipinski definition) is 2. The summed E-state index contributed by atoms with van der Waals surface area (Å²) in [6, 6.07) is 5.99. The Kier molecular flexibility index (Phi) is 4.01. The quantitative estimate of drug-likeness (QED) is 0.856. The number of carbonyl (C=O) groups is 1. The Labute approximate surface area is 124 Å². The van der Waals surface area contributed by atoms with E-state index < -0.39 is 0 Å². The molecule has 1 heterocycles. The van der Waals surface area contributed by atoms with E-state index in [9.17, 15) is 9.59 Å². The van der Waals surface area contributed by atoms with Crippen LogP contribution < -0.4 is 10.9 Å². The van der Waals surface area contributed by atoms with Gasteiger partial charge in [-0.3, -0.25) is 14.7 Å². The van der Waals surface area contributed by atoms with Gasteiger partial charge in [-0.1, -0.05) is 29.8 Å². The summed E-state index contributed by atoms with van der Waals surface area (Å²) in [5.74, 6) is -0.130. The lowest BCUT2D eigenvalue weighted by molar-refractivity contribution is -0.112. The number of aromatic amines is 1. The molecule has 1 aromatic heterocycles. The molecule has 0 atom stereocenters. The van der Waals surface area contributed by atoms with Gasteiger partial charge in [-0.05, 0) is 25.1 Å². The Bertz CT molecular complexity index is 746. The summed E-state index contributed by atoms with van der Waals surface area (Å²) in [5, 5.41) is 6.06. The number of H-pyrrole nitrogens is 1. The smallest absolute Gasteiger partial charge is 0.273 e. The highest BCUT2D eigenvalue weighted by molar-refractivity contribution is 6.34. The Hall–Kier alpha value is -1.98. The molecule has 7 heteroatoms. The maximum atomic E-state index is 11.9. The molecule has 0 aliphatic carbocycles. The van der Waals surface area contributed by atoms with Crippen LogP contribution in [0.1, 0.15) is 6.92 Å². The van der Waals surface area contributed by atoms with Gasteiger partial charge >= 0.3 is 0 Å². The van der Waals surface area contributed by atoms with E-state index in [4.69, 9.17) is 23.2 Å². The van der Waals surface area contributed by atoms with Gasteiger partial charge in [0.05, 0.1) is 10.7 Å². The lowest BCUT2D eigenvalue weighted by Crippen LogP contribution is -2.14. The van der Waals surface area contributed by atoms with E-state index in [2.05, 4.69) is 17.0 Å². The molecule has 1 amide bonds. The number of nitrogens with one attached hydrogen (secondary N) is 2. The van der Waals surface area contributed by atoms with Crippen molar-refractivity contribution in [1.82, 2.24) is 9.78 Å². The van der Waals surface area contributed by atoms with E-state index in [1.54, 1.807) is 25.1 Å². The van der Waals surface area contributed by atoms with Gasteiger partial charge in [-0.15, -0.1) is 0 Å². The maximum absolute atomic E-state index is 11.9. The van der Waals surface area contributed by atoms with Crippen molar-refractivity contribution in [2.45, 2.75) is 6.92 Å². The largest absolute Gasteiger partial charge is 0.307 e. The molecule has 0 saturated heterocycles. The topological polar surface area (TPSA) is 66.9 Å². The van der Waals surface area contributed by atoms with Crippen molar-refractivity contribution >= 4 is 34.9 Å². The third kappa shape index (κ3) is 2.95. The van der Waals surface area contributed by atoms with E-state index >= 15 is 0 Å². The zero-order valence-electron chi connectivity index (χ0n) is 10.5. The predicted octanol–water partition coefficient (Wildman–Crippen LogP) is 2.99. The van der Waals surface area contributed by atoms with Gasteiger partial charge in [-0.2, -0.15) is 0 Å². The van der Waals surface area contributed by atoms with E-state index in [0.29, 0.717) is 21.3 Å². The van der Waals surface area contributed by atoms with Gasteiger partial charge in [0.1, 0.15) is 5.82 Å². The van der Waals surface area contributed by atoms with Crippen LogP contribution in [0.15, 0.2) is 41.2 Å². The number of carbonyl (C=O) groups excluding carboxylic acids is 1. The van der Waals surface area contributed by atoms with Crippen molar-refractivity contribution in [2.75, 3.05) is 5.32 Å². The van der Waals surface area contributed by atoms with Crippen LogP contribution in [-0.4, -0.2) is 15.7 Å². The van der Waals surface area contributed by atoms with Crippen molar-refractivity contribution in [3.05, 3.63) is 56.8 Å². The summed E-state index contributed by atoms with van der Waals surface area (Å²) < 4.78 is 1.20. The van der Waals surface area contributed by atoms with Crippen molar-refractivity contribution in [3.63, 3.8) is 0 Å². The molecule has 104 valence electrons. The molecule has 0 radical (unpaired) electrons. The van der Waals surface area contributed by atoms with E-state index in [0.717, 1.165) is 0 Å². The summed E-state index contributed by atoms with van der Waals surface area (Å²) in [6.45, 7) is 5.08. The number of halogens is 2. The number of anilines is 1. The average molecular weight is 312 g/mol.